The van der Waals surface area contributed by atoms with E-state index in [1.807, 2.05) is 54.6 Å². The van der Waals surface area contributed by atoms with E-state index < -0.39 is 35.5 Å². The molecule has 0 atom stereocenters. The van der Waals surface area contributed by atoms with Crippen LogP contribution in [0.2, 0.25) is 20.1 Å². The fourth-order valence-corrected chi connectivity index (χ4v) is 13.6. The number of ether oxygens (including phenoxy) is 1. The molecule has 0 spiro atoms. The van der Waals surface area contributed by atoms with Crippen molar-refractivity contribution in [3.63, 3.8) is 0 Å². The van der Waals surface area contributed by atoms with Crippen molar-refractivity contribution >= 4 is 156 Å². The molecule has 111 heavy (non-hydrogen) atoms. The van der Waals surface area contributed by atoms with E-state index in [1.54, 1.807) is 84.9 Å². The number of carboxylic acids is 2. The number of carbonyl (C=O) groups excluding carboxylic acids is 8. The van der Waals surface area contributed by atoms with Gasteiger partial charge < -0.3 is 46.4 Å². The average Bonchev–Trinajstić information content (AvgIpc) is 1.46. The normalized spacial score (nSPS) is 12.9. The maximum atomic E-state index is 11.8. The van der Waals surface area contributed by atoms with E-state index in [1.165, 1.54) is 84.4 Å². The van der Waals surface area contributed by atoms with Crippen molar-refractivity contribution in [2.45, 2.75) is 142 Å². The fourth-order valence-electron chi connectivity index (χ4n) is 12.8. The van der Waals surface area contributed by atoms with Gasteiger partial charge in [0.05, 0.1) is 28.3 Å². The molecule has 576 valence electrons. The first-order valence-electron chi connectivity index (χ1n) is 35.6. The van der Waals surface area contributed by atoms with Crippen molar-refractivity contribution in [3.8, 4) is 5.75 Å². The standard InChI is InChI=1S/C21H18ClNO3.C12H14N2O2.C12H11NO2.C11H11ClO3.C10H13N.C9H8Cl2O.C8H6Cl2O.C2H4O2.Cs/c22-14-8-5-12(6-9-14)11-17-20(24)18(21(25)26)16-10-7-13-3-1-2-4-15(13)19(16)23-17;15-12(8-13-16)14-11-7-3-5-9-4-1-2-6-10(9)11;14-11-9-6-5-7-3-1-2-4-8(7)10(9)13-12(11)15;1-8(13)15-7-11(14)6-9-2-4-10(12)5-3-9;11-10-7-3-5-8-4-1-2-6-9(8)10;10-6-9(12)5-7-1-3-8(11)4-2-7;9-7-3-1-6(2-4-7)5-8(10)11;1-2(3)4;/h5-10,24H,1-4,11H2,(H,25,26);3,5,7-8,16H,1-2,4,6H2,(H,14,15);5-6H,1-4H2,(H,13,14,15);2-5H,6-7H2,1H3;3,5,7H,1-2,4,6,11H2;1-4H,5-6H2;1-4H,5H2;1H3,(H,3,4);/q;;;;;;;;+1/p-1/b;13-8+;;;;;;;. The van der Waals surface area contributed by atoms with E-state index in [-0.39, 0.29) is 122 Å². The molecule has 7 N–H and O–H groups in total. The van der Waals surface area contributed by atoms with Crippen molar-refractivity contribution in [2.75, 3.05) is 28.9 Å². The summed E-state index contributed by atoms with van der Waals surface area (Å²) in [5.74, 6) is -4.23. The number of anilines is 3. The summed E-state index contributed by atoms with van der Waals surface area (Å²) in [7, 11) is 0. The number of aryl methyl sites for hydroxylation is 5. The SMILES string of the molecule is CC(=O)OCC(=O)Cc1ccc(Cl)cc1.CC(=O)[O-].Nc1cccc2c1CCCC2.O=C(/C=N/O)Nc1cccc2c1CCCC2.O=C(CCl)Cc1ccc(Cl)cc1.O=C(Cl)Cc1ccc(Cl)cc1.O=C(O)c1c(O)c(Cc2ccc(Cl)cc2)nc2c3c(ccc12)CCCC3.O=C1Nc2c(ccc3c2CCCC3)C1=O.[Cs+]. The number of carbonyl (C=O) groups is 9. The van der Waals surface area contributed by atoms with Crippen molar-refractivity contribution < 1.29 is 137 Å². The van der Waals surface area contributed by atoms with Gasteiger partial charge in [-0.05, 0) is 255 Å². The second kappa shape index (κ2) is 47.6. The Morgan fingerprint density at radius 2 is 1.01 bits per heavy atom. The number of benzene rings is 8. The van der Waals surface area contributed by atoms with Gasteiger partial charge in [-0.1, -0.05) is 143 Å². The van der Waals surface area contributed by atoms with Crippen LogP contribution in [0.1, 0.15) is 158 Å². The number of aromatic hydroxyl groups is 1. The summed E-state index contributed by atoms with van der Waals surface area (Å²) in [6.45, 7) is 2.08. The fraction of sp³-hybridized carbons (Fsp3) is 0.282. The molecule has 1 aromatic heterocycles. The van der Waals surface area contributed by atoms with E-state index >= 15 is 0 Å². The topological polar surface area (TPSA) is 322 Å². The summed E-state index contributed by atoms with van der Waals surface area (Å²) >= 11 is 33.5. The summed E-state index contributed by atoms with van der Waals surface area (Å²) in [4.78, 5) is 103. The van der Waals surface area contributed by atoms with Crippen molar-refractivity contribution in [3.05, 3.63) is 261 Å². The van der Waals surface area contributed by atoms with Crippen LogP contribution in [0, 0.1) is 0 Å². The molecule has 2 amide bonds. The van der Waals surface area contributed by atoms with Crippen molar-refractivity contribution in [2.24, 2.45) is 5.16 Å². The average molecular weight is 1750 g/mol. The van der Waals surface area contributed by atoms with E-state index in [0.717, 1.165) is 122 Å². The number of hydrogen-bond donors (Lipinski definition) is 6. The zero-order valence-corrected chi connectivity index (χ0v) is 72.5. The molecular formula is C85H84Cl6CsN5O14. The quantitative estimate of drug-likeness (QED) is 0.00861. The Bertz CT molecular complexity index is 4770. The second-order valence-electron chi connectivity index (χ2n) is 26.1. The Balaban J connectivity index is 0.000000204. The Labute approximate surface area is 733 Å². The number of pyridine rings is 1. The number of carboxylic acid groups (broad SMARTS) is 2. The number of aliphatic carboxylic acids is 1. The number of aromatic nitrogens is 1. The number of nitrogens with one attached hydrogen (secondary N) is 2. The number of esters is 1. The van der Waals surface area contributed by atoms with Crippen LogP contribution >= 0.6 is 69.6 Å². The summed E-state index contributed by atoms with van der Waals surface area (Å²) in [5.41, 5.74) is 23.9. The van der Waals surface area contributed by atoms with Gasteiger partial charge in [0.15, 0.2) is 17.3 Å². The first kappa shape index (κ1) is 91.9. The zero-order chi connectivity index (χ0) is 79.8. The third-order valence-electron chi connectivity index (χ3n) is 18.0. The smallest absolute Gasteiger partial charge is 0.550 e. The van der Waals surface area contributed by atoms with E-state index in [0.29, 0.717) is 55.1 Å². The number of alkyl halides is 1. The minimum Gasteiger partial charge on any atom is -0.550 e. The number of aromatic carboxylic acids is 1. The molecule has 0 bridgehead atoms. The van der Waals surface area contributed by atoms with Gasteiger partial charge in [-0.2, -0.15) is 0 Å². The summed E-state index contributed by atoms with van der Waals surface area (Å²) in [5, 5.41) is 48.3. The molecule has 26 heteroatoms. The number of Topliss-reactive ketones (excluding diaryl/α,β-unsaturated/α-hetero) is 3. The molecule has 0 radical (unpaired) electrons. The molecule has 0 saturated heterocycles. The maximum Gasteiger partial charge on any atom is 1.00 e. The molecule has 0 saturated carbocycles. The van der Waals surface area contributed by atoms with Gasteiger partial charge in [0.1, 0.15) is 18.4 Å². The van der Waals surface area contributed by atoms with Crippen LogP contribution in [-0.2, 0) is 115 Å². The van der Waals surface area contributed by atoms with Crippen LogP contribution < -0.4 is 90.4 Å². The molecule has 9 aromatic rings. The molecule has 4 aliphatic carbocycles. The van der Waals surface area contributed by atoms with Gasteiger partial charge in [-0.3, -0.25) is 33.6 Å². The number of nitrogens with zero attached hydrogens (tertiary/aromatic N) is 2. The zero-order valence-electron chi connectivity index (χ0n) is 61.7. The molecule has 0 fully saturated rings. The molecule has 0 unspecified atom stereocenters. The predicted molar refractivity (Wildman–Crippen MR) is 431 cm³/mol. The number of nitrogen functional groups attached to an aromatic ring is 1. The second-order valence-corrected chi connectivity index (χ2v) is 28.6. The number of hydrogen-bond acceptors (Lipinski definition) is 16. The number of rotatable bonds is 14. The predicted octanol–water partition coefficient (Wildman–Crippen LogP) is 13.7. The molecule has 14 rings (SSSR count). The minimum absolute atomic E-state index is 0. The van der Waals surface area contributed by atoms with E-state index in [4.69, 9.17) is 95.4 Å². The van der Waals surface area contributed by atoms with Crippen LogP contribution in [0.4, 0.5) is 17.1 Å². The van der Waals surface area contributed by atoms with Gasteiger partial charge in [0.2, 0.25) is 5.24 Å². The third kappa shape index (κ3) is 30.2. The van der Waals surface area contributed by atoms with Crippen molar-refractivity contribution in [1.82, 2.24) is 4.98 Å². The number of amides is 2. The maximum absolute atomic E-state index is 11.8. The van der Waals surface area contributed by atoms with Crippen LogP contribution in [0.5, 0.6) is 5.75 Å². The first-order valence-corrected chi connectivity index (χ1v) is 38.1. The van der Waals surface area contributed by atoms with Gasteiger partial charge in [-0.15, -0.1) is 11.6 Å². The summed E-state index contributed by atoms with van der Waals surface area (Å²) in [6, 6.07) is 48.1. The molecular weight excluding hydrogens is 1660 g/mol. The molecule has 5 aliphatic rings. The van der Waals surface area contributed by atoms with Gasteiger partial charge >= 0.3 is 80.8 Å². The van der Waals surface area contributed by atoms with E-state index in [9.17, 15) is 48.6 Å². The molecule has 8 aromatic carbocycles. The Morgan fingerprint density at radius 3 is 1.50 bits per heavy atom. The Kier molecular flexibility index (Phi) is 39.4. The monoisotopic (exact) mass is 1740 g/mol. The largest absolute Gasteiger partial charge is 1.00 e. The summed E-state index contributed by atoms with van der Waals surface area (Å²) in [6.07, 6.45) is 20.1. The number of nitrogens with two attached hydrogens (primary N) is 1. The number of halogens is 6. The number of ketones is 3. The molecule has 1 aliphatic heterocycles. The number of fused-ring (bicyclic) bond motifs is 8. The first-order chi connectivity index (χ1) is 52.7. The molecule has 19 nitrogen and oxygen atoms in total. The Morgan fingerprint density at radius 1 is 0.577 bits per heavy atom. The van der Waals surface area contributed by atoms with Crippen molar-refractivity contribution in [1.29, 1.82) is 0 Å². The molecule has 2 heterocycles. The van der Waals surface area contributed by atoms with Crippen LogP contribution in [0.25, 0.3) is 10.9 Å². The van der Waals surface area contributed by atoms with Crippen LogP contribution in [0.3, 0.4) is 0 Å². The third-order valence-corrected chi connectivity index (χ3v) is 19.4. The van der Waals surface area contributed by atoms with Crippen LogP contribution in [-0.4, -0.2) is 91.4 Å². The van der Waals surface area contributed by atoms with E-state index in [2.05, 4.69) is 38.7 Å². The van der Waals surface area contributed by atoms with Gasteiger partial charge in [-0.25, -0.2) is 9.78 Å². The van der Waals surface area contributed by atoms with Gasteiger partial charge in [0, 0.05) is 75.4 Å². The Hall–Kier alpha value is -7.94. The minimum atomic E-state index is -1.14. The summed E-state index contributed by atoms with van der Waals surface area (Å²) < 4.78 is 4.59. The van der Waals surface area contributed by atoms with Crippen LogP contribution in [0.15, 0.2) is 163 Å². The van der Waals surface area contributed by atoms with Gasteiger partial charge in [0.25, 0.3) is 17.6 Å². The number of oxime groups is 1.